The molecule has 1 aliphatic rings. The van der Waals surface area contributed by atoms with Crippen molar-refractivity contribution in [3.63, 3.8) is 0 Å². The maximum Gasteiger partial charge on any atom is 0.338 e. The highest BCUT2D eigenvalue weighted by Crippen LogP contribution is 2.23. The van der Waals surface area contributed by atoms with Gasteiger partial charge >= 0.3 is 5.97 Å². The van der Waals surface area contributed by atoms with E-state index in [1.165, 1.54) is 0 Å². The van der Waals surface area contributed by atoms with Crippen LogP contribution in [0.5, 0.6) is 0 Å². The fourth-order valence-electron chi connectivity index (χ4n) is 2.67. The molecule has 0 amide bonds. The van der Waals surface area contributed by atoms with E-state index in [0.29, 0.717) is 31.2 Å². The Kier molecular flexibility index (Phi) is 6.62. The largest absolute Gasteiger partial charge is 0.462 e. The summed E-state index contributed by atoms with van der Waals surface area (Å²) in [6, 6.07) is 11.4. The summed E-state index contributed by atoms with van der Waals surface area (Å²) in [6.07, 6.45) is 1.85. The molecule has 27 heavy (non-hydrogen) atoms. The van der Waals surface area contributed by atoms with Gasteiger partial charge in [-0.2, -0.15) is 5.10 Å². The number of esters is 1. The normalized spacial score (nSPS) is 15.7. The highest BCUT2D eigenvalue weighted by Gasteiger charge is 2.15. The van der Waals surface area contributed by atoms with Gasteiger partial charge in [0.15, 0.2) is 5.84 Å². The molecule has 2 heterocycles. The molecule has 142 valence electrons. The fraction of sp³-hybridized carbons (Fsp3) is 0.300. The minimum atomic E-state index is -0.339. The van der Waals surface area contributed by atoms with Crippen molar-refractivity contribution in [3.05, 3.63) is 57.8 Å². The van der Waals surface area contributed by atoms with Gasteiger partial charge in [0.2, 0.25) is 0 Å². The lowest BCUT2D eigenvalue weighted by molar-refractivity contribution is -0.136. The lowest BCUT2D eigenvalue weighted by Gasteiger charge is -2.24. The van der Waals surface area contributed by atoms with E-state index in [0.717, 1.165) is 29.1 Å². The fourth-order valence-corrected chi connectivity index (χ4v) is 3.33. The highest BCUT2D eigenvalue weighted by molar-refractivity contribution is 7.11. The second-order valence-corrected chi connectivity index (χ2v) is 6.90. The van der Waals surface area contributed by atoms with Gasteiger partial charge in [0.1, 0.15) is 0 Å². The summed E-state index contributed by atoms with van der Waals surface area (Å²) >= 11 is 1.57. The van der Waals surface area contributed by atoms with E-state index in [9.17, 15) is 4.79 Å². The Hall–Kier alpha value is -2.64. The Balaban J connectivity index is 1.82. The van der Waals surface area contributed by atoms with Crippen LogP contribution in [0, 0.1) is 0 Å². The van der Waals surface area contributed by atoms with Crippen LogP contribution in [0.25, 0.3) is 11.6 Å². The van der Waals surface area contributed by atoms with Gasteiger partial charge in [0.25, 0.3) is 0 Å². The summed E-state index contributed by atoms with van der Waals surface area (Å²) < 4.78 is 10.5. The van der Waals surface area contributed by atoms with Gasteiger partial charge in [-0.3, -0.25) is 5.01 Å². The van der Waals surface area contributed by atoms with E-state index in [1.54, 1.807) is 18.3 Å². The zero-order valence-corrected chi connectivity index (χ0v) is 16.1. The Morgan fingerprint density at radius 3 is 2.59 bits per heavy atom. The summed E-state index contributed by atoms with van der Waals surface area (Å²) in [4.78, 5) is 13.4. The second kappa shape index (κ2) is 9.34. The number of carbonyl (C=O) groups excluding carboxylic acids is 1. The number of ether oxygens (including phenoxy) is 2. The van der Waals surface area contributed by atoms with Crippen molar-refractivity contribution in [2.75, 3.05) is 32.9 Å². The van der Waals surface area contributed by atoms with E-state index < -0.39 is 0 Å². The molecular weight excluding hydrogens is 362 g/mol. The van der Waals surface area contributed by atoms with Gasteiger partial charge in [0.05, 0.1) is 38.5 Å². The third-order valence-electron chi connectivity index (χ3n) is 4.05. The van der Waals surface area contributed by atoms with Gasteiger partial charge in [-0.1, -0.05) is 30.3 Å². The van der Waals surface area contributed by atoms with Crippen LogP contribution in [0.3, 0.4) is 0 Å². The summed E-state index contributed by atoms with van der Waals surface area (Å²) in [5.41, 5.74) is 8.25. The topological polar surface area (TPSA) is 77.2 Å². The molecule has 2 aromatic rings. The summed E-state index contributed by atoms with van der Waals surface area (Å²) in [7, 11) is 0. The first kappa shape index (κ1) is 19.1. The molecule has 1 aromatic heterocycles. The zero-order valence-electron chi connectivity index (χ0n) is 15.3. The van der Waals surface area contributed by atoms with Gasteiger partial charge in [-0.15, -0.1) is 11.3 Å². The van der Waals surface area contributed by atoms with Crippen molar-refractivity contribution in [1.29, 1.82) is 0 Å². The molecule has 1 saturated heterocycles. The van der Waals surface area contributed by atoms with E-state index in [-0.39, 0.29) is 5.97 Å². The van der Waals surface area contributed by atoms with Crippen molar-refractivity contribution in [3.8, 4) is 0 Å². The number of nitrogens with two attached hydrogens (primary N) is 1. The number of hydrazone groups is 1. The van der Waals surface area contributed by atoms with Gasteiger partial charge in [0, 0.05) is 10.4 Å². The molecule has 1 aromatic carbocycles. The van der Waals surface area contributed by atoms with Crippen LogP contribution in [-0.4, -0.2) is 49.7 Å². The van der Waals surface area contributed by atoms with E-state index in [1.807, 2.05) is 52.9 Å². The minimum Gasteiger partial charge on any atom is -0.462 e. The molecule has 2 N–H and O–H groups in total. The third-order valence-corrected chi connectivity index (χ3v) is 4.87. The van der Waals surface area contributed by atoms with Crippen LogP contribution in [0.2, 0.25) is 0 Å². The Bertz CT molecular complexity index is 808. The quantitative estimate of drug-likeness (QED) is 0.358. The van der Waals surface area contributed by atoms with Crippen molar-refractivity contribution >= 4 is 34.8 Å². The summed E-state index contributed by atoms with van der Waals surface area (Å²) in [5.74, 6) is 0.108. The second-order valence-electron chi connectivity index (χ2n) is 5.92. The summed E-state index contributed by atoms with van der Waals surface area (Å²) in [6.45, 7) is 4.91. The average molecular weight is 385 g/mol. The molecule has 0 radical (unpaired) electrons. The van der Waals surface area contributed by atoms with E-state index in [4.69, 9.17) is 15.2 Å². The van der Waals surface area contributed by atoms with E-state index in [2.05, 4.69) is 5.10 Å². The van der Waals surface area contributed by atoms with Crippen LogP contribution in [-0.2, 0) is 14.3 Å². The number of rotatable bonds is 6. The van der Waals surface area contributed by atoms with Gasteiger partial charge < -0.3 is 15.2 Å². The molecule has 0 saturated carbocycles. The molecule has 0 unspecified atom stereocenters. The lowest BCUT2D eigenvalue weighted by Crippen LogP contribution is -2.34. The first-order valence-corrected chi connectivity index (χ1v) is 9.75. The number of thiophene rings is 1. The predicted molar refractivity (Wildman–Crippen MR) is 108 cm³/mol. The molecular formula is C20H23N3O3S. The van der Waals surface area contributed by atoms with Crippen LogP contribution < -0.4 is 5.73 Å². The van der Waals surface area contributed by atoms with Crippen molar-refractivity contribution in [2.24, 2.45) is 10.8 Å². The predicted octanol–water partition coefficient (Wildman–Crippen LogP) is 2.80. The van der Waals surface area contributed by atoms with Crippen molar-refractivity contribution < 1.29 is 14.3 Å². The Morgan fingerprint density at radius 1 is 1.26 bits per heavy atom. The summed E-state index contributed by atoms with van der Waals surface area (Å²) in [5, 5.41) is 8.33. The number of carbonyl (C=O) groups is 1. The zero-order chi connectivity index (χ0) is 19.1. The standard InChI is InChI=1S/C20H23N3O3S/c1-2-26-20(24)18(14-17-4-3-13-27-17)15-5-7-16(8-6-15)19(21)22-23-9-11-25-12-10-23/h3-8,13-14H,2,9-12H2,1H3,(H2,21,22)/b18-14+. The molecule has 6 nitrogen and oxygen atoms in total. The number of hydrogen-bond donors (Lipinski definition) is 1. The van der Waals surface area contributed by atoms with Crippen LogP contribution in [0.4, 0.5) is 0 Å². The van der Waals surface area contributed by atoms with Crippen molar-refractivity contribution in [2.45, 2.75) is 6.92 Å². The van der Waals surface area contributed by atoms with Crippen molar-refractivity contribution in [1.82, 2.24) is 5.01 Å². The maximum atomic E-state index is 12.4. The number of nitrogens with zero attached hydrogens (tertiary/aromatic N) is 2. The van der Waals surface area contributed by atoms with Crippen LogP contribution in [0.15, 0.2) is 46.9 Å². The van der Waals surface area contributed by atoms with Gasteiger partial charge in [-0.05, 0) is 30.0 Å². The molecule has 7 heteroatoms. The molecule has 0 bridgehead atoms. The van der Waals surface area contributed by atoms with Gasteiger partial charge in [-0.25, -0.2) is 4.79 Å². The number of benzene rings is 1. The number of morpholine rings is 1. The van der Waals surface area contributed by atoms with Crippen LogP contribution in [0.1, 0.15) is 22.9 Å². The van der Waals surface area contributed by atoms with E-state index >= 15 is 0 Å². The SMILES string of the molecule is CCOC(=O)/C(=C/c1cccs1)c1ccc(/C(N)=N\N2CCOCC2)cc1. The number of hydrogen-bond acceptors (Lipinski definition) is 6. The molecule has 0 aliphatic carbocycles. The minimum absolute atomic E-state index is 0.331. The molecule has 0 spiro atoms. The Labute approximate surface area is 162 Å². The number of amidine groups is 1. The smallest absolute Gasteiger partial charge is 0.338 e. The first-order chi connectivity index (χ1) is 13.2. The molecule has 0 atom stereocenters. The molecule has 1 fully saturated rings. The lowest BCUT2D eigenvalue weighted by atomic mass is 10.0. The molecule has 3 rings (SSSR count). The monoisotopic (exact) mass is 385 g/mol. The maximum absolute atomic E-state index is 12.4. The third kappa shape index (κ3) is 5.18. The first-order valence-electron chi connectivity index (χ1n) is 8.87. The average Bonchev–Trinajstić information content (AvgIpc) is 3.20. The van der Waals surface area contributed by atoms with Crippen LogP contribution >= 0.6 is 11.3 Å². The Morgan fingerprint density at radius 2 is 1.96 bits per heavy atom. The molecule has 1 aliphatic heterocycles. The highest BCUT2D eigenvalue weighted by atomic mass is 32.1.